The number of carbonyl (C=O) groups is 4. The largest absolute Gasteiger partial charge is 0.478 e. The van der Waals surface area contributed by atoms with E-state index in [1.54, 1.807) is 48.0 Å². The summed E-state index contributed by atoms with van der Waals surface area (Å²) < 4.78 is 0. The summed E-state index contributed by atoms with van der Waals surface area (Å²) in [5, 5.41) is 57.6. The zero-order valence-electron chi connectivity index (χ0n) is 76.8. The Labute approximate surface area is 805 Å². The van der Waals surface area contributed by atoms with E-state index in [1.165, 1.54) is 77.5 Å². The predicted molar refractivity (Wildman–Crippen MR) is 540 cm³/mol. The molecule has 132 heavy (non-hydrogen) atoms. The van der Waals surface area contributed by atoms with Gasteiger partial charge in [0.05, 0.1) is 86.8 Å². The van der Waals surface area contributed by atoms with Crippen molar-refractivity contribution in [1.29, 1.82) is 0 Å². The molecule has 4 fully saturated rings. The van der Waals surface area contributed by atoms with Crippen molar-refractivity contribution in [2.75, 3.05) is 27.7 Å². The van der Waals surface area contributed by atoms with Gasteiger partial charge >= 0.3 is 5.97 Å². The lowest BCUT2D eigenvalue weighted by Gasteiger charge is -2.20. The van der Waals surface area contributed by atoms with Crippen LogP contribution in [0.4, 0.5) is 0 Å². The number of aromatic nitrogens is 6. The highest BCUT2D eigenvalue weighted by molar-refractivity contribution is 6.44. The molecule has 0 spiro atoms. The normalized spacial score (nSPS) is 19.1. The Hall–Kier alpha value is -10.2. The second-order valence-corrected chi connectivity index (χ2v) is 37.8. The second kappa shape index (κ2) is 51.3. The first kappa shape index (κ1) is 105. The van der Waals surface area contributed by atoms with Gasteiger partial charge in [-0.25, -0.2) is 4.79 Å². The summed E-state index contributed by atoms with van der Waals surface area (Å²) in [7, 11) is 5.29. The molecule has 8 aromatic carbocycles. The minimum absolute atomic E-state index is 0. The molecule has 0 unspecified atom stereocenters. The van der Waals surface area contributed by atoms with Crippen LogP contribution in [0.1, 0.15) is 270 Å². The number of H-pyrrole nitrogens is 3. The fourth-order valence-corrected chi connectivity index (χ4v) is 19.6. The molecule has 3 amide bonds. The standard InChI is InChI=1S/C27H32ClN3O.C26H30ClN3O2.C25H29ClN4O2.C21H24O2.C8H12ClN.2CH4.B/c1-18(22-7-5-4-6-8-22)24-14-11-21(16-24)15-20-9-12-23(13-10-20)27(32)31(3)17-25-26(28)19(2)29-30-25;1-17-24(27)23(29-28-17)16-30(2)26(32)21-11-8-18(9-12-21)14-19-10-13-22(15-19)25(31)20-6-4-3-5-7-20;1-16-23(26)22(29-28-16)15-30(2)25(32)19-10-8-17(9-11-19)14-20-12-13-21(27-20)24(31)18-6-4-3-5-7-18;1-15(18-5-3-2-4-6-18)20-12-9-17(14-20)13-16-7-10-19(11-8-16)21(22)23;1-3-4-7-8(9)6(2)5-10-7;;;/h4-10,12-13,18,21,24H,11,14-17H2,1-3H3,(H,29,30);3-9,11-12,19,22,25,31H,10,13-16H2,1-2H3,(H,28,29);3-11,20-21,24,27,31H,12-15H2,1-2H3,(H,28,29);2-8,10-11,15,17,20H,9,12-14H2,1H3,(H,22,23);3-5H2,1-2H3;2*1H4;/t18-,21+,24+;19-,22-,25+;20-,21+,24+;15-,17+,20+;;;;/m1001..../s1. The van der Waals surface area contributed by atoms with Gasteiger partial charge in [-0.2, -0.15) is 15.3 Å². The Kier molecular flexibility index (Phi) is 41.0. The summed E-state index contributed by atoms with van der Waals surface area (Å²) in [4.78, 5) is 58.5. The van der Waals surface area contributed by atoms with E-state index >= 15 is 0 Å². The first-order valence-corrected chi connectivity index (χ1v) is 47.3. The van der Waals surface area contributed by atoms with E-state index in [0.29, 0.717) is 104 Å². The number of rotatable bonds is 28. The number of carboxylic acid groups (broad SMARTS) is 1. The van der Waals surface area contributed by atoms with Crippen LogP contribution in [0.3, 0.4) is 0 Å². The molecule has 12 atom stereocenters. The van der Waals surface area contributed by atoms with Crippen LogP contribution < -0.4 is 5.32 Å². The number of amides is 3. The summed E-state index contributed by atoms with van der Waals surface area (Å²) in [6.07, 6.45) is 18.2. The number of aliphatic hydroxyl groups excluding tert-OH is 2. The number of aromatic carboxylic acids is 1. The van der Waals surface area contributed by atoms with Crippen LogP contribution in [0.5, 0.6) is 0 Å². The van der Waals surface area contributed by atoms with Crippen molar-refractivity contribution in [2.24, 2.45) is 40.5 Å². The Morgan fingerprint density at radius 1 is 0.417 bits per heavy atom. The average molecular weight is 1860 g/mol. The molecule has 16 rings (SSSR count). The smallest absolute Gasteiger partial charge is 0.335 e. The lowest BCUT2D eigenvalue weighted by atomic mass is 9.85. The molecule has 1 saturated heterocycles. The molecule has 699 valence electrons. The van der Waals surface area contributed by atoms with Gasteiger partial charge in [-0.1, -0.05) is 258 Å². The Morgan fingerprint density at radius 3 is 1.05 bits per heavy atom. The summed E-state index contributed by atoms with van der Waals surface area (Å²) in [6.45, 7) is 16.4. The van der Waals surface area contributed by atoms with E-state index in [4.69, 9.17) is 51.5 Å². The van der Waals surface area contributed by atoms with Crippen LogP contribution in [0.2, 0.25) is 15.1 Å². The number of aliphatic hydroxyl groups is 2. The van der Waals surface area contributed by atoms with Crippen molar-refractivity contribution in [2.45, 2.75) is 228 Å². The van der Waals surface area contributed by atoms with E-state index in [9.17, 15) is 29.4 Å². The van der Waals surface area contributed by atoms with Gasteiger partial charge in [0, 0.05) is 58.3 Å². The summed E-state index contributed by atoms with van der Waals surface area (Å²) in [5.74, 6) is 4.08. The third kappa shape index (κ3) is 29.2. The highest BCUT2D eigenvalue weighted by atomic mass is 35.5. The topological polar surface area (TPSA) is 249 Å². The van der Waals surface area contributed by atoms with Gasteiger partial charge in [-0.3, -0.25) is 34.7 Å². The molecule has 5 aliphatic rings. The number of aromatic amines is 3. The van der Waals surface area contributed by atoms with Crippen LogP contribution >= 0.6 is 46.4 Å². The number of nitrogens with one attached hydrogen (secondary N) is 4. The number of allylic oxidation sites excluding steroid dienone is 1. The van der Waals surface area contributed by atoms with Crippen LogP contribution in [0.25, 0.3) is 0 Å². The van der Waals surface area contributed by atoms with E-state index in [1.807, 2.05) is 161 Å². The van der Waals surface area contributed by atoms with Gasteiger partial charge in [-0.05, 0) is 276 Å². The van der Waals surface area contributed by atoms with Crippen molar-refractivity contribution in [3.8, 4) is 0 Å². The zero-order chi connectivity index (χ0) is 91.8. The van der Waals surface area contributed by atoms with Crippen molar-refractivity contribution in [3.05, 3.63) is 345 Å². The molecular formula is C109H135BCl4N11O7. The van der Waals surface area contributed by atoms with Crippen molar-refractivity contribution in [3.63, 3.8) is 0 Å². The molecule has 2 aliphatic heterocycles. The van der Waals surface area contributed by atoms with Crippen molar-refractivity contribution < 1.29 is 34.5 Å². The number of carbonyl (C=O) groups excluding carboxylic acids is 3. The Balaban J connectivity index is 0.000000191. The van der Waals surface area contributed by atoms with Crippen LogP contribution in [0, 0.1) is 56.3 Å². The molecule has 7 N–H and O–H groups in total. The van der Waals surface area contributed by atoms with Gasteiger partial charge in [0.25, 0.3) is 17.7 Å². The minimum atomic E-state index is -0.853. The first-order valence-electron chi connectivity index (χ1n) is 45.8. The molecule has 3 saturated carbocycles. The maximum atomic E-state index is 12.8. The molecule has 0 bridgehead atoms. The Bertz CT molecular complexity index is 5080. The zero-order valence-corrected chi connectivity index (χ0v) is 79.8. The number of hydrogen-bond donors (Lipinski definition) is 7. The average Bonchev–Trinajstić information content (AvgIpc) is 1.54. The number of benzene rings is 8. The SMILES string of the molecule is C.C.CCCC1=NCC(C)=C1Cl.C[C@H](c1ccccc1)[C@H]1CC[C@@H](Cc2ccc(C(=O)O)cc2)C1.Cc1[nH]nc(CN(C)C(=O)c2ccc(C[C@@H]3CC[C@H]([C@H](C)c4ccccc4)C3)cc2)c1Cl.Cc1[nH]nc(CN(C)C(=O)c2ccc(C[C@@H]3CC[C@H]([C@H](O)c4ccccc4)C3)cc2)c1Cl.Cc1[nH]nc(CN(C)C(=O)c2ccc(C[C@@H]3CC[C@H]([C@H](O)c4ccccc4)N3)cc2)c1Cl.[B]. The van der Waals surface area contributed by atoms with Crippen LogP contribution in [-0.2, 0) is 45.3 Å². The van der Waals surface area contributed by atoms with E-state index < -0.39 is 12.1 Å². The Morgan fingerprint density at radius 2 is 0.735 bits per heavy atom. The molecule has 5 heterocycles. The lowest BCUT2D eigenvalue weighted by molar-refractivity contribution is 0.0694. The number of halogens is 4. The summed E-state index contributed by atoms with van der Waals surface area (Å²) >= 11 is 24.6. The molecule has 3 aromatic heterocycles. The van der Waals surface area contributed by atoms with Gasteiger partial charge in [0.2, 0.25) is 0 Å². The van der Waals surface area contributed by atoms with E-state index in [0.717, 1.165) is 140 Å². The third-order valence-electron chi connectivity index (χ3n) is 26.7. The monoisotopic (exact) mass is 1860 g/mol. The molecule has 11 aromatic rings. The van der Waals surface area contributed by atoms with E-state index in [2.05, 4.69) is 134 Å². The summed E-state index contributed by atoms with van der Waals surface area (Å²) in [6, 6.07) is 73.0. The number of aliphatic imine (C=N–C) groups is 1. The van der Waals surface area contributed by atoms with Gasteiger partial charge < -0.3 is 35.3 Å². The van der Waals surface area contributed by atoms with Gasteiger partial charge in [-0.15, -0.1) is 0 Å². The quantitative estimate of drug-likeness (QED) is 0.0227. The van der Waals surface area contributed by atoms with Crippen molar-refractivity contribution >= 4 is 84.2 Å². The molecule has 23 heteroatoms. The second-order valence-electron chi connectivity index (χ2n) is 36.3. The first-order chi connectivity index (χ1) is 62.1. The highest BCUT2D eigenvalue weighted by Gasteiger charge is 2.35. The lowest BCUT2D eigenvalue weighted by Crippen LogP contribution is -2.35. The summed E-state index contributed by atoms with van der Waals surface area (Å²) in [5.41, 5.74) is 18.9. The number of hydrogen-bond acceptors (Lipinski definition) is 11. The maximum Gasteiger partial charge on any atom is 0.335 e. The molecule has 3 aliphatic carbocycles. The maximum absolute atomic E-state index is 12.8. The minimum Gasteiger partial charge on any atom is -0.478 e. The van der Waals surface area contributed by atoms with Crippen LogP contribution in [-0.4, -0.2) is 138 Å². The fourth-order valence-electron chi connectivity index (χ4n) is 18.9. The molecular weight excluding hydrogens is 1730 g/mol. The molecule has 3 radical (unpaired) electrons. The van der Waals surface area contributed by atoms with Crippen LogP contribution in [0.15, 0.2) is 234 Å². The van der Waals surface area contributed by atoms with Gasteiger partial charge in [0.1, 0.15) is 17.1 Å². The number of nitrogens with zero attached hydrogens (tertiary/aromatic N) is 7. The third-order valence-corrected chi connectivity index (χ3v) is 28.7. The molecule has 18 nitrogen and oxygen atoms in total. The fraction of sp³-hybridized carbons (Fsp3) is 0.413. The number of aryl methyl sites for hydroxylation is 3. The predicted octanol–water partition coefficient (Wildman–Crippen LogP) is 24.6. The van der Waals surface area contributed by atoms with Crippen molar-refractivity contribution in [1.82, 2.24) is 50.6 Å². The number of carboxylic acids is 1. The van der Waals surface area contributed by atoms with Gasteiger partial charge in [0.15, 0.2) is 0 Å². The highest BCUT2D eigenvalue weighted by Crippen LogP contribution is 2.45. The van der Waals surface area contributed by atoms with E-state index in [-0.39, 0.29) is 53.1 Å².